The standard InChI is InChI=1S/C17H20N.BrH.Mg/c1-2-13-18(14-16-9-5-3-6-10-16)15-17-11-7-4-8-12-17;;/h3-12H,1-2,13-15H2;1H;/q-1;;+2/p-1. The molecule has 0 bridgehead atoms. The molecule has 3 heteroatoms. The topological polar surface area (TPSA) is 3.24 Å². The number of nitrogens with zero attached hydrogens (tertiary/aromatic N) is 1. The molecule has 0 N–H and O–H groups in total. The van der Waals surface area contributed by atoms with Crippen LogP contribution in [-0.4, -0.2) is 34.5 Å². The van der Waals surface area contributed by atoms with Gasteiger partial charge in [0.25, 0.3) is 0 Å². The molecule has 2 rings (SSSR count). The molecule has 0 aliphatic rings. The van der Waals surface area contributed by atoms with Gasteiger partial charge < -0.3 is 23.9 Å². The molecule has 20 heavy (non-hydrogen) atoms. The van der Waals surface area contributed by atoms with E-state index >= 15 is 0 Å². The van der Waals surface area contributed by atoms with Gasteiger partial charge in [-0.05, 0) is 17.7 Å². The molecule has 0 amide bonds. The molecule has 0 aliphatic heterocycles. The van der Waals surface area contributed by atoms with E-state index in [1.165, 1.54) is 11.1 Å². The van der Waals surface area contributed by atoms with Crippen molar-refractivity contribution >= 4 is 23.1 Å². The Morgan fingerprint density at radius 2 is 1.15 bits per heavy atom. The first-order valence-electron chi connectivity index (χ1n) is 6.48. The molecular weight excluding hydrogens is 322 g/mol. The fourth-order valence-corrected chi connectivity index (χ4v) is 2.12. The average Bonchev–Trinajstić information content (AvgIpc) is 2.41. The number of halogens is 1. The summed E-state index contributed by atoms with van der Waals surface area (Å²) in [5, 5.41) is 0. The third kappa shape index (κ3) is 6.89. The van der Waals surface area contributed by atoms with Crippen molar-refractivity contribution in [2.24, 2.45) is 0 Å². The summed E-state index contributed by atoms with van der Waals surface area (Å²) in [5.41, 5.74) is 2.73. The first-order chi connectivity index (χ1) is 8.88. The molecule has 102 valence electrons. The van der Waals surface area contributed by atoms with Gasteiger partial charge in [-0.3, -0.25) is 4.90 Å². The molecule has 0 aromatic heterocycles. The van der Waals surface area contributed by atoms with Gasteiger partial charge in [0.1, 0.15) is 0 Å². The van der Waals surface area contributed by atoms with Gasteiger partial charge in [-0.15, -0.1) is 0 Å². The molecule has 0 saturated carbocycles. The van der Waals surface area contributed by atoms with Gasteiger partial charge in [-0.1, -0.05) is 60.7 Å². The summed E-state index contributed by atoms with van der Waals surface area (Å²) < 4.78 is 0. The normalized spacial score (nSPS) is 9.70. The largest absolute Gasteiger partial charge is 2.00 e. The summed E-state index contributed by atoms with van der Waals surface area (Å²) in [4.78, 5) is 2.44. The van der Waals surface area contributed by atoms with E-state index in [-0.39, 0.29) is 40.0 Å². The van der Waals surface area contributed by atoms with Crippen molar-refractivity contribution in [3.05, 3.63) is 78.7 Å². The summed E-state index contributed by atoms with van der Waals surface area (Å²) in [6, 6.07) is 21.2. The second-order valence-electron chi connectivity index (χ2n) is 4.54. The molecule has 0 radical (unpaired) electrons. The molecular formula is C17H20BrMgN. The van der Waals surface area contributed by atoms with E-state index in [2.05, 4.69) is 72.5 Å². The van der Waals surface area contributed by atoms with E-state index in [1.54, 1.807) is 0 Å². The van der Waals surface area contributed by atoms with E-state index in [0.717, 1.165) is 26.1 Å². The average molecular weight is 343 g/mol. The Kier molecular flexibility index (Phi) is 11.1. The van der Waals surface area contributed by atoms with Gasteiger partial charge in [-0.25, -0.2) is 0 Å². The maximum atomic E-state index is 3.97. The van der Waals surface area contributed by atoms with Crippen LogP contribution >= 0.6 is 0 Å². The molecule has 2 aromatic carbocycles. The Morgan fingerprint density at radius 1 is 0.750 bits per heavy atom. The van der Waals surface area contributed by atoms with Crippen LogP contribution in [0.5, 0.6) is 0 Å². The summed E-state index contributed by atoms with van der Waals surface area (Å²) in [6.07, 6.45) is 0.944. The van der Waals surface area contributed by atoms with Crippen molar-refractivity contribution in [2.45, 2.75) is 19.5 Å². The van der Waals surface area contributed by atoms with Crippen molar-refractivity contribution in [1.82, 2.24) is 4.90 Å². The van der Waals surface area contributed by atoms with E-state index in [1.807, 2.05) is 0 Å². The van der Waals surface area contributed by atoms with Crippen LogP contribution in [0.4, 0.5) is 0 Å². The minimum atomic E-state index is 0. The third-order valence-electron chi connectivity index (χ3n) is 2.97. The van der Waals surface area contributed by atoms with Gasteiger partial charge in [-0.2, -0.15) is 6.42 Å². The second-order valence-corrected chi connectivity index (χ2v) is 4.54. The van der Waals surface area contributed by atoms with Gasteiger partial charge in [0, 0.05) is 13.1 Å². The molecule has 1 nitrogen and oxygen atoms in total. The number of hydrogen-bond acceptors (Lipinski definition) is 1. The van der Waals surface area contributed by atoms with Crippen LogP contribution in [0.1, 0.15) is 17.5 Å². The minimum Gasteiger partial charge on any atom is -1.00 e. The summed E-state index contributed by atoms with van der Waals surface area (Å²) in [7, 11) is 0. The predicted octanol–water partition coefficient (Wildman–Crippen LogP) is 0.536. The molecule has 0 spiro atoms. The van der Waals surface area contributed by atoms with Crippen molar-refractivity contribution in [2.75, 3.05) is 6.54 Å². The van der Waals surface area contributed by atoms with Crippen LogP contribution in [0.25, 0.3) is 0 Å². The zero-order valence-electron chi connectivity index (χ0n) is 11.8. The van der Waals surface area contributed by atoms with E-state index < -0.39 is 0 Å². The first-order valence-corrected chi connectivity index (χ1v) is 6.48. The van der Waals surface area contributed by atoms with Crippen molar-refractivity contribution < 1.29 is 17.0 Å². The molecule has 2 aromatic rings. The van der Waals surface area contributed by atoms with Crippen LogP contribution in [0.3, 0.4) is 0 Å². The molecule has 0 fully saturated rings. The maximum absolute atomic E-state index is 3.97. The number of rotatable bonds is 6. The van der Waals surface area contributed by atoms with Crippen LogP contribution < -0.4 is 17.0 Å². The summed E-state index contributed by atoms with van der Waals surface area (Å²) in [5.74, 6) is 0. The summed E-state index contributed by atoms with van der Waals surface area (Å²) >= 11 is 0. The van der Waals surface area contributed by atoms with Crippen molar-refractivity contribution in [3.63, 3.8) is 0 Å². The van der Waals surface area contributed by atoms with Gasteiger partial charge >= 0.3 is 23.1 Å². The number of hydrogen-bond donors (Lipinski definition) is 0. The van der Waals surface area contributed by atoms with Crippen LogP contribution in [0.2, 0.25) is 0 Å². The summed E-state index contributed by atoms with van der Waals surface area (Å²) in [6.45, 7) is 6.98. The van der Waals surface area contributed by atoms with E-state index in [9.17, 15) is 0 Å². The van der Waals surface area contributed by atoms with Crippen LogP contribution in [-0.2, 0) is 13.1 Å². The Hall–Kier alpha value is -0.354. The first kappa shape index (κ1) is 19.6. The Balaban J connectivity index is 0.00000180. The molecule has 0 heterocycles. The minimum absolute atomic E-state index is 0. The van der Waals surface area contributed by atoms with E-state index in [0.29, 0.717) is 0 Å². The third-order valence-corrected chi connectivity index (χ3v) is 2.97. The Morgan fingerprint density at radius 3 is 1.50 bits per heavy atom. The molecule has 0 aliphatic carbocycles. The Bertz CT molecular complexity index is 406. The Labute approximate surface area is 149 Å². The molecule has 0 saturated heterocycles. The fourth-order valence-electron chi connectivity index (χ4n) is 2.12. The van der Waals surface area contributed by atoms with Gasteiger partial charge in [0.15, 0.2) is 0 Å². The van der Waals surface area contributed by atoms with Crippen molar-refractivity contribution in [1.29, 1.82) is 0 Å². The maximum Gasteiger partial charge on any atom is 2.00 e. The van der Waals surface area contributed by atoms with Gasteiger partial charge in [0.05, 0.1) is 0 Å². The molecule has 0 unspecified atom stereocenters. The van der Waals surface area contributed by atoms with Crippen molar-refractivity contribution in [3.8, 4) is 0 Å². The smallest absolute Gasteiger partial charge is 1.00 e. The predicted molar refractivity (Wildman–Crippen MR) is 82.7 cm³/mol. The monoisotopic (exact) mass is 341 g/mol. The van der Waals surface area contributed by atoms with Crippen LogP contribution in [0, 0.1) is 6.92 Å². The number of benzene rings is 2. The zero-order valence-corrected chi connectivity index (χ0v) is 14.8. The van der Waals surface area contributed by atoms with E-state index in [4.69, 9.17) is 0 Å². The fraction of sp³-hybridized carbons (Fsp3) is 0.235. The van der Waals surface area contributed by atoms with Crippen LogP contribution in [0.15, 0.2) is 60.7 Å². The SMILES string of the molecule is [Br-].[CH2-]CCN(Cc1ccccc1)Cc1ccccc1.[Mg+2]. The second kappa shape index (κ2) is 11.3. The van der Waals surface area contributed by atoms with Gasteiger partial charge in [0.2, 0.25) is 0 Å². The molecule has 0 atom stereocenters. The zero-order chi connectivity index (χ0) is 12.6. The quantitative estimate of drug-likeness (QED) is 0.547.